The van der Waals surface area contributed by atoms with Gasteiger partial charge in [-0.1, -0.05) is 30.3 Å². The number of carbonyl (C=O) groups is 1. The highest BCUT2D eigenvalue weighted by molar-refractivity contribution is 5.79. The normalized spacial score (nSPS) is 14.9. The number of hydrogen-bond acceptors (Lipinski definition) is 3. The Hall–Kier alpha value is -2.49. The summed E-state index contributed by atoms with van der Waals surface area (Å²) in [6.45, 7) is 3.31. The fourth-order valence-electron chi connectivity index (χ4n) is 2.84. The average Bonchev–Trinajstić information content (AvgIpc) is 2.56. The van der Waals surface area contributed by atoms with Gasteiger partial charge in [0.05, 0.1) is 6.42 Å². The molecule has 2 aromatic rings. The number of carbonyl (C=O) groups excluding carboxylic acids is 1. The van der Waals surface area contributed by atoms with Gasteiger partial charge in [0.1, 0.15) is 0 Å². The molecule has 3 rings (SSSR count). The molecule has 1 heterocycles. The summed E-state index contributed by atoms with van der Waals surface area (Å²) in [7, 11) is 0. The lowest BCUT2D eigenvalue weighted by Crippen LogP contribution is -2.49. The number of para-hydroxylation sites is 1. The number of hydrogen-bond donors (Lipinski definition) is 1. The van der Waals surface area contributed by atoms with Crippen molar-refractivity contribution in [3.8, 4) is 0 Å². The van der Waals surface area contributed by atoms with Crippen LogP contribution in [0.1, 0.15) is 5.56 Å². The molecule has 1 amide bonds. The van der Waals surface area contributed by atoms with Crippen molar-refractivity contribution in [1.29, 1.82) is 0 Å². The zero-order chi connectivity index (χ0) is 15.4. The van der Waals surface area contributed by atoms with E-state index in [0.29, 0.717) is 12.1 Å². The fraction of sp³-hybridized carbons (Fsp3) is 0.278. The van der Waals surface area contributed by atoms with E-state index in [1.165, 1.54) is 5.69 Å². The van der Waals surface area contributed by atoms with Crippen molar-refractivity contribution >= 4 is 17.3 Å². The van der Waals surface area contributed by atoms with E-state index in [1.54, 1.807) is 0 Å². The summed E-state index contributed by atoms with van der Waals surface area (Å²) in [5.74, 6) is 0.179. The minimum atomic E-state index is 0.179. The summed E-state index contributed by atoms with van der Waals surface area (Å²) in [6.07, 6.45) is 0.427. The maximum atomic E-state index is 12.4. The zero-order valence-electron chi connectivity index (χ0n) is 12.6. The van der Waals surface area contributed by atoms with Crippen LogP contribution in [-0.4, -0.2) is 37.0 Å². The Morgan fingerprint density at radius 2 is 1.68 bits per heavy atom. The molecule has 0 radical (unpaired) electrons. The fourth-order valence-corrected chi connectivity index (χ4v) is 2.84. The molecule has 2 N–H and O–H groups in total. The van der Waals surface area contributed by atoms with Crippen molar-refractivity contribution in [3.63, 3.8) is 0 Å². The average molecular weight is 295 g/mol. The smallest absolute Gasteiger partial charge is 0.227 e. The second-order valence-corrected chi connectivity index (χ2v) is 5.63. The Balaban J connectivity index is 1.56. The molecule has 1 saturated heterocycles. The number of amides is 1. The highest BCUT2D eigenvalue weighted by Crippen LogP contribution is 2.16. The molecule has 22 heavy (non-hydrogen) atoms. The number of rotatable bonds is 3. The van der Waals surface area contributed by atoms with Crippen LogP contribution in [0.5, 0.6) is 0 Å². The number of nitrogens with zero attached hydrogens (tertiary/aromatic N) is 2. The number of benzene rings is 2. The molecule has 0 bridgehead atoms. The van der Waals surface area contributed by atoms with Crippen molar-refractivity contribution in [3.05, 3.63) is 60.2 Å². The van der Waals surface area contributed by atoms with Crippen LogP contribution in [0.25, 0.3) is 0 Å². The van der Waals surface area contributed by atoms with Gasteiger partial charge in [0, 0.05) is 37.6 Å². The lowest BCUT2D eigenvalue weighted by molar-refractivity contribution is -0.130. The van der Waals surface area contributed by atoms with Gasteiger partial charge in [-0.05, 0) is 29.8 Å². The first kappa shape index (κ1) is 14.4. The summed E-state index contributed by atoms with van der Waals surface area (Å²) in [5.41, 5.74) is 8.68. The quantitative estimate of drug-likeness (QED) is 0.883. The summed E-state index contributed by atoms with van der Waals surface area (Å²) in [5, 5.41) is 0. The molecule has 1 fully saturated rings. The van der Waals surface area contributed by atoms with Crippen LogP contribution < -0.4 is 10.6 Å². The topological polar surface area (TPSA) is 49.6 Å². The van der Waals surface area contributed by atoms with E-state index in [-0.39, 0.29) is 5.91 Å². The first-order chi connectivity index (χ1) is 10.7. The van der Waals surface area contributed by atoms with Crippen molar-refractivity contribution in [2.45, 2.75) is 6.42 Å². The molecule has 0 saturated carbocycles. The van der Waals surface area contributed by atoms with Gasteiger partial charge >= 0.3 is 0 Å². The number of anilines is 2. The third kappa shape index (κ3) is 3.39. The number of nitrogens with two attached hydrogens (primary N) is 1. The summed E-state index contributed by atoms with van der Waals surface area (Å²) in [4.78, 5) is 16.7. The predicted molar refractivity (Wildman–Crippen MR) is 89.8 cm³/mol. The van der Waals surface area contributed by atoms with Gasteiger partial charge in [0.15, 0.2) is 0 Å². The van der Waals surface area contributed by atoms with Crippen molar-refractivity contribution in [1.82, 2.24) is 4.90 Å². The standard InChI is InChI=1S/C18H21N3O/c19-16-6-4-5-15(13-16)14-18(22)21-11-9-20(10-12-21)17-7-2-1-3-8-17/h1-8,13H,9-12,14,19H2. The Bertz CT molecular complexity index is 634. The van der Waals surface area contributed by atoms with Crippen LogP contribution in [0, 0.1) is 0 Å². The van der Waals surface area contributed by atoms with E-state index in [9.17, 15) is 4.79 Å². The van der Waals surface area contributed by atoms with Crippen LogP contribution in [0.4, 0.5) is 11.4 Å². The summed E-state index contributed by atoms with van der Waals surface area (Å²) >= 11 is 0. The maximum absolute atomic E-state index is 12.4. The Labute approximate surface area is 131 Å². The highest BCUT2D eigenvalue weighted by atomic mass is 16.2. The molecule has 1 aliphatic rings. The van der Waals surface area contributed by atoms with Gasteiger partial charge in [-0.2, -0.15) is 0 Å². The molecular weight excluding hydrogens is 274 g/mol. The van der Waals surface area contributed by atoms with E-state index < -0.39 is 0 Å². The minimum absolute atomic E-state index is 0.179. The lowest BCUT2D eigenvalue weighted by Gasteiger charge is -2.36. The molecule has 0 aliphatic carbocycles. The largest absolute Gasteiger partial charge is 0.399 e. The molecule has 0 unspecified atom stereocenters. The first-order valence-electron chi connectivity index (χ1n) is 7.64. The van der Waals surface area contributed by atoms with Gasteiger partial charge < -0.3 is 15.5 Å². The van der Waals surface area contributed by atoms with Crippen LogP contribution in [0.15, 0.2) is 54.6 Å². The van der Waals surface area contributed by atoms with Gasteiger partial charge in [0.25, 0.3) is 0 Å². The van der Waals surface area contributed by atoms with Crippen LogP contribution in [0.3, 0.4) is 0 Å². The van der Waals surface area contributed by atoms with E-state index in [4.69, 9.17) is 5.73 Å². The van der Waals surface area contributed by atoms with Gasteiger partial charge in [-0.15, -0.1) is 0 Å². The van der Waals surface area contributed by atoms with Crippen LogP contribution in [0.2, 0.25) is 0 Å². The third-order valence-electron chi connectivity index (χ3n) is 4.06. The first-order valence-corrected chi connectivity index (χ1v) is 7.64. The van der Waals surface area contributed by atoms with Crippen molar-refractivity contribution in [2.24, 2.45) is 0 Å². The summed E-state index contributed by atoms with van der Waals surface area (Å²) in [6, 6.07) is 17.9. The van der Waals surface area contributed by atoms with Gasteiger partial charge in [0.2, 0.25) is 5.91 Å². The predicted octanol–water partition coefficient (Wildman–Crippen LogP) is 2.16. The van der Waals surface area contributed by atoms with E-state index >= 15 is 0 Å². The molecule has 0 spiro atoms. The van der Waals surface area contributed by atoms with Gasteiger partial charge in [-0.3, -0.25) is 4.79 Å². The Morgan fingerprint density at radius 1 is 0.955 bits per heavy atom. The van der Waals surface area contributed by atoms with E-state index in [0.717, 1.165) is 31.7 Å². The molecule has 1 aliphatic heterocycles. The van der Waals surface area contributed by atoms with Crippen LogP contribution >= 0.6 is 0 Å². The maximum Gasteiger partial charge on any atom is 0.227 e. The summed E-state index contributed by atoms with van der Waals surface area (Å²) < 4.78 is 0. The highest BCUT2D eigenvalue weighted by Gasteiger charge is 2.21. The molecule has 0 atom stereocenters. The second-order valence-electron chi connectivity index (χ2n) is 5.63. The Kier molecular flexibility index (Phi) is 4.28. The lowest BCUT2D eigenvalue weighted by atomic mass is 10.1. The third-order valence-corrected chi connectivity index (χ3v) is 4.06. The monoisotopic (exact) mass is 295 g/mol. The number of piperazine rings is 1. The van der Waals surface area contributed by atoms with E-state index in [2.05, 4.69) is 17.0 Å². The Morgan fingerprint density at radius 3 is 2.36 bits per heavy atom. The molecule has 2 aromatic carbocycles. The van der Waals surface area contributed by atoms with Crippen molar-refractivity contribution in [2.75, 3.05) is 36.8 Å². The second kappa shape index (κ2) is 6.52. The van der Waals surface area contributed by atoms with E-state index in [1.807, 2.05) is 47.4 Å². The number of nitrogen functional groups attached to an aromatic ring is 1. The zero-order valence-corrected chi connectivity index (χ0v) is 12.6. The molecule has 114 valence electrons. The molecular formula is C18H21N3O. The SMILES string of the molecule is Nc1cccc(CC(=O)N2CCN(c3ccccc3)CC2)c1. The molecule has 4 heteroatoms. The van der Waals surface area contributed by atoms with Gasteiger partial charge in [-0.25, -0.2) is 0 Å². The minimum Gasteiger partial charge on any atom is -0.399 e. The molecule has 4 nitrogen and oxygen atoms in total. The molecule has 0 aromatic heterocycles. The van der Waals surface area contributed by atoms with Crippen molar-refractivity contribution < 1.29 is 4.79 Å². The van der Waals surface area contributed by atoms with Crippen LogP contribution in [-0.2, 0) is 11.2 Å².